The maximum absolute atomic E-state index is 12.1. The Balaban J connectivity index is 2.29. The molecule has 1 aromatic rings. The van der Waals surface area contributed by atoms with Crippen LogP contribution in [-0.4, -0.2) is 49.3 Å². The number of benzene rings is 1. The molecule has 1 amide bonds. The molecule has 0 unspecified atom stereocenters. The predicted molar refractivity (Wildman–Crippen MR) is 86.2 cm³/mol. The molecule has 0 saturated heterocycles. The van der Waals surface area contributed by atoms with Crippen molar-refractivity contribution in [2.24, 2.45) is 0 Å². The summed E-state index contributed by atoms with van der Waals surface area (Å²) < 4.78 is 10.7. The third kappa shape index (κ3) is 3.41. The van der Waals surface area contributed by atoms with Crippen molar-refractivity contribution >= 4 is 5.91 Å². The van der Waals surface area contributed by atoms with Gasteiger partial charge in [0.05, 0.1) is 32.9 Å². The number of carbonyl (C=O) groups is 1. The number of β-amino-alcohol motifs (C(OH)–C–C–N with tert-alkyl or cyclic N) is 1. The quantitative estimate of drug-likeness (QED) is 0.782. The Bertz CT molecular complexity index is 624. The van der Waals surface area contributed by atoms with Crippen molar-refractivity contribution < 1.29 is 19.4 Å². The van der Waals surface area contributed by atoms with E-state index in [-0.39, 0.29) is 12.5 Å². The Morgan fingerprint density at radius 2 is 2.13 bits per heavy atom. The highest BCUT2D eigenvalue weighted by molar-refractivity contribution is 5.81. The average Bonchev–Trinajstić information content (AvgIpc) is 2.57. The van der Waals surface area contributed by atoms with Crippen LogP contribution in [0.5, 0.6) is 11.5 Å². The number of nitrogens with zero attached hydrogens (tertiary/aromatic N) is 1. The molecule has 6 heteroatoms. The van der Waals surface area contributed by atoms with Crippen LogP contribution >= 0.6 is 0 Å². The van der Waals surface area contributed by atoms with Crippen LogP contribution in [0.3, 0.4) is 0 Å². The molecule has 0 saturated carbocycles. The van der Waals surface area contributed by atoms with Crippen molar-refractivity contribution in [3.8, 4) is 23.8 Å². The summed E-state index contributed by atoms with van der Waals surface area (Å²) in [6, 6.07) is 3.17. The van der Waals surface area contributed by atoms with E-state index in [0.29, 0.717) is 24.6 Å². The fourth-order valence-corrected chi connectivity index (χ4v) is 2.85. The molecule has 2 rings (SSSR count). The molecule has 0 aliphatic carbocycles. The lowest BCUT2D eigenvalue weighted by Gasteiger charge is -2.36. The lowest BCUT2D eigenvalue weighted by molar-refractivity contribution is -0.126. The molecule has 1 heterocycles. The number of hydrogen-bond donors (Lipinski definition) is 2. The van der Waals surface area contributed by atoms with Crippen LogP contribution in [0.1, 0.15) is 24.2 Å². The van der Waals surface area contributed by atoms with Crippen LogP contribution in [-0.2, 0) is 11.3 Å². The zero-order chi connectivity index (χ0) is 17.0. The van der Waals surface area contributed by atoms with Crippen LogP contribution in [0.15, 0.2) is 12.1 Å². The largest absolute Gasteiger partial charge is 0.496 e. The number of aliphatic hydroxyl groups is 1. The zero-order valence-corrected chi connectivity index (χ0v) is 13.6. The Morgan fingerprint density at radius 1 is 1.48 bits per heavy atom. The van der Waals surface area contributed by atoms with Crippen LogP contribution in [0, 0.1) is 12.3 Å². The van der Waals surface area contributed by atoms with Crippen LogP contribution in [0.25, 0.3) is 0 Å². The monoisotopic (exact) mass is 318 g/mol. The van der Waals surface area contributed by atoms with E-state index in [4.69, 9.17) is 15.9 Å². The van der Waals surface area contributed by atoms with Gasteiger partial charge in [0.2, 0.25) is 5.91 Å². The first kappa shape index (κ1) is 17.1. The molecule has 0 spiro atoms. The van der Waals surface area contributed by atoms with Gasteiger partial charge in [-0.05, 0) is 19.1 Å². The van der Waals surface area contributed by atoms with Crippen molar-refractivity contribution in [2.45, 2.75) is 25.6 Å². The summed E-state index contributed by atoms with van der Waals surface area (Å²) in [6.45, 7) is 2.79. The van der Waals surface area contributed by atoms with E-state index in [1.54, 1.807) is 33.3 Å². The van der Waals surface area contributed by atoms with E-state index in [9.17, 15) is 9.90 Å². The van der Waals surface area contributed by atoms with Crippen molar-refractivity contribution in [2.75, 3.05) is 27.3 Å². The second-order valence-corrected chi connectivity index (χ2v) is 5.41. The van der Waals surface area contributed by atoms with E-state index >= 15 is 0 Å². The molecular weight excluding hydrogens is 296 g/mol. The van der Waals surface area contributed by atoms with E-state index in [1.807, 2.05) is 4.90 Å². The average molecular weight is 318 g/mol. The molecule has 0 fully saturated rings. The van der Waals surface area contributed by atoms with Gasteiger partial charge in [0, 0.05) is 24.2 Å². The second kappa shape index (κ2) is 7.36. The van der Waals surface area contributed by atoms with E-state index in [1.165, 1.54) is 0 Å². The van der Waals surface area contributed by atoms with Gasteiger partial charge >= 0.3 is 0 Å². The molecule has 6 nitrogen and oxygen atoms in total. The normalized spacial score (nSPS) is 18.5. The summed E-state index contributed by atoms with van der Waals surface area (Å²) in [5.41, 5.74) is 1.56. The topological polar surface area (TPSA) is 71.0 Å². The van der Waals surface area contributed by atoms with Gasteiger partial charge in [0.15, 0.2) is 0 Å². The first-order chi connectivity index (χ1) is 11.0. The molecule has 2 N–H and O–H groups in total. The van der Waals surface area contributed by atoms with Gasteiger partial charge in [-0.2, -0.15) is 0 Å². The van der Waals surface area contributed by atoms with Gasteiger partial charge in [-0.3, -0.25) is 9.69 Å². The first-order valence-corrected chi connectivity index (χ1v) is 7.40. The highest BCUT2D eigenvalue weighted by atomic mass is 16.5. The standard InChI is InChI=1S/C17H22N2O4/c1-5-8-18-17(21)11(2)19-9-12-14(22-3)6-7-15(23-4)16(12)13(20)10-19/h1,6-7,11,13,20H,8-10H2,2-4H3,(H,18,21)/t11-,13-/m1/s1. The number of aliphatic hydroxyl groups excluding tert-OH is 1. The summed E-state index contributed by atoms with van der Waals surface area (Å²) in [7, 11) is 3.15. The molecule has 23 heavy (non-hydrogen) atoms. The summed E-state index contributed by atoms with van der Waals surface area (Å²) in [4.78, 5) is 14.0. The number of amides is 1. The number of fused-ring (bicyclic) bond motifs is 1. The van der Waals surface area contributed by atoms with Gasteiger partial charge in [-0.1, -0.05) is 5.92 Å². The maximum atomic E-state index is 12.1. The lowest BCUT2D eigenvalue weighted by atomic mass is 9.94. The number of carbonyl (C=O) groups excluding carboxylic acids is 1. The minimum Gasteiger partial charge on any atom is -0.496 e. The van der Waals surface area contributed by atoms with Gasteiger partial charge < -0.3 is 19.9 Å². The maximum Gasteiger partial charge on any atom is 0.237 e. The third-order valence-electron chi connectivity index (χ3n) is 4.11. The molecule has 0 radical (unpaired) electrons. The van der Waals surface area contributed by atoms with Gasteiger partial charge in [-0.15, -0.1) is 6.42 Å². The van der Waals surface area contributed by atoms with Gasteiger partial charge in [0.1, 0.15) is 11.5 Å². The predicted octanol–water partition coefficient (Wildman–Crippen LogP) is 0.691. The zero-order valence-electron chi connectivity index (χ0n) is 13.6. The Hall–Kier alpha value is -2.23. The van der Waals surface area contributed by atoms with Crippen LogP contribution in [0.4, 0.5) is 0 Å². The Labute approximate surface area is 136 Å². The lowest BCUT2D eigenvalue weighted by Crippen LogP contribution is -2.48. The molecule has 1 aliphatic rings. The van der Waals surface area contributed by atoms with E-state index in [0.717, 1.165) is 11.1 Å². The summed E-state index contributed by atoms with van der Waals surface area (Å²) >= 11 is 0. The minimum atomic E-state index is -0.758. The second-order valence-electron chi connectivity index (χ2n) is 5.41. The highest BCUT2D eigenvalue weighted by Gasteiger charge is 2.33. The number of ether oxygens (including phenoxy) is 2. The van der Waals surface area contributed by atoms with Crippen molar-refractivity contribution in [3.05, 3.63) is 23.3 Å². The third-order valence-corrected chi connectivity index (χ3v) is 4.11. The van der Waals surface area contributed by atoms with Crippen LogP contribution < -0.4 is 14.8 Å². The fourth-order valence-electron chi connectivity index (χ4n) is 2.85. The molecule has 124 valence electrons. The molecule has 1 aromatic carbocycles. The smallest absolute Gasteiger partial charge is 0.237 e. The fraction of sp³-hybridized carbons (Fsp3) is 0.471. The number of terminal acetylenes is 1. The molecule has 0 bridgehead atoms. The molecule has 0 aromatic heterocycles. The Kier molecular flexibility index (Phi) is 5.48. The van der Waals surface area contributed by atoms with Crippen molar-refractivity contribution in [3.63, 3.8) is 0 Å². The minimum absolute atomic E-state index is 0.166. The van der Waals surface area contributed by atoms with Gasteiger partial charge in [0.25, 0.3) is 0 Å². The van der Waals surface area contributed by atoms with E-state index in [2.05, 4.69) is 11.2 Å². The number of hydrogen-bond acceptors (Lipinski definition) is 5. The van der Waals surface area contributed by atoms with Gasteiger partial charge in [-0.25, -0.2) is 0 Å². The van der Waals surface area contributed by atoms with Crippen LogP contribution in [0.2, 0.25) is 0 Å². The molecule has 2 atom stereocenters. The van der Waals surface area contributed by atoms with Crippen molar-refractivity contribution in [1.29, 1.82) is 0 Å². The summed E-state index contributed by atoms with van der Waals surface area (Å²) in [6.07, 6.45) is 4.40. The first-order valence-electron chi connectivity index (χ1n) is 7.40. The SMILES string of the molecule is C#CCNC(=O)[C@@H](C)N1Cc2c(OC)ccc(OC)c2[C@H](O)C1. The Morgan fingerprint density at radius 3 is 2.74 bits per heavy atom. The number of nitrogens with one attached hydrogen (secondary N) is 1. The van der Waals surface area contributed by atoms with E-state index < -0.39 is 12.1 Å². The number of methoxy groups -OCH3 is 2. The summed E-state index contributed by atoms with van der Waals surface area (Å²) in [5.74, 6) is 3.50. The molecule has 1 aliphatic heterocycles. The molecular formula is C17H22N2O4. The highest BCUT2D eigenvalue weighted by Crippen LogP contribution is 2.39. The number of rotatable bonds is 5. The summed E-state index contributed by atoms with van der Waals surface area (Å²) in [5, 5.41) is 13.2. The van der Waals surface area contributed by atoms with Crippen molar-refractivity contribution in [1.82, 2.24) is 10.2 Å².